The van der Waals surface area contributed by atoms with Gasteiger partial charge in [-0.3, -0.25) is 10.1 Å². The highest BCUT2D eigenvalue weighted by molar-refractivity contribution is 7.89. The number of rotatable bonds is 6. The molecule has 3 aromatic rings. The summed E-state index contributed by atoms with van der Waals surface area (Å²) in [5.41, 5.74) is 3.80. The van der Waals surface area contributed by atoms with Crippen molar-refractivity contribution in [1.82, 2.24) is 14.5 Å². The lowest BCUT2D eigenvalue weighted by Crippen LogP contribution is -2.38. The molecule has 2 aromatic carbocycles. The molecule has 0 saturated heterocycles. The number of sulfonamides is 1. The Labute approximate surface area is 205 Å². The molecule has 2 aliphatic rings. The van der Waals surface area contributed by atoms with E-state index in [0.29, 0.717) is 11.5 Å². The van der Waals surface area contributed by atoms with Crippen molar-refractivity contribution in [3.8, 4) is 11.5 Å². The van der Waals surface area contributed by atoms with Crippen LogP contribution >= 0.6 is 0 Å². The first-order chi connectivity index (χ1) is 16.9. The van der Waals surface area contributed by atoms with Crippen LogP contribution in [0.25, 0.3) is 11.5 Å². The third kappa shape index (κ3) is 5.01. The number of benzene rings is 2. The van der Waals surface area contributed by atoms with Crippen LogP contribution in [0.15, 0.2) is 51.8 Å². The third-order valence-electron chi connectivity index (χ3n) is 7.12. The van der Waals surface area contributed by atoms with Crippen molar-refractivity contribution >= 4 is 21.9 Å². The van der Waals surface area contributed by atoms with Crippen molar-refractivity contribution in [2.75, 3.05) is 12.4 Å². The first-order valence-electron chi connectivity index (χ1n) is 12.3. The summed E-state index contributed by atoms with van der Waals surface area (Å²) in [5.74, 6) is -0.101. The Bertz CT molecular complexity index is 1310. The summed E-state index contributed by atoms with van der Waals surface area (Å²) in [6.45, 7) is 0. The highest BCUT2D eigenvalue weighted by Gasteiger charge is 2.29. The van der Waals surface area contributed by atoms with Crippen LogP contribution in [0.1, 0.15) is 66.4 Å². The lowest BCUT2D eigenvalue weighted by Gasteiger charge is -2.30. The van der Waals surface area contributed by atoms with Crippen LogP contribution in [0.5, 0.6) is 0 Å². The Balaban J connectivity index is 1.26. The molecule has 1 aromatic heterocycles. The molecule has 1 saturated carbocycles. The van der Waals surface area contributed by atoms with Crippen LogP contribution < -0.4 is 5.32 Å². The highest BCUT2D eigenvalue weighted by atomic mass is 32.2. The van der Waals surface area contributed by atoms with Gasteiger partial charge in [0, 0.05) is 24.2 Å². The molecule has 184 valence electrons. The molecule has 2 aliphatic carbocycles. The van der Waals surface area contributed by atoms with Crippen molar-refractivity contribution in [3.05, 3.63) is 59.2 Å². The van der Waals surface area contributed by atoms with E-state index < -0.39 is 15.9 Å². The molecule has 1 fully saturated rings. The minimum absolute atomic E-state index is 0.00329. The number of aryl methyl sites for hydroxylation is 2. The summed E-state index contributed by atoms with van der Waals surface area (Å²) < 4.78 is 33.2. The van der Waals surface area contributed by atoms with Gasteiger partial charge in [0.2, 0.25) is 15.9 Å². The molecule has 0 atom stereocenters. The van der Waals surface area contributed by atoms with Crippen LogP contribution in [0, 0.1) is 0 Å². The van der Waals surface area contributed by atoms with Crippen LogP contribution in [-0.4, -0.2) is 41.9 Å². The SMILES string of the molecule is CN(C1CCCCC1)S(=O)(=O)c1ccc(C(=O)Nc2nnc(-c3ccc4c(c3)CCCC4)o2)cc1. The molecule has 0 aliphatic heterocycles. The minimum atomic E-state index is -3.61. The fraction of sp³-hybridized carbons (Fsp3) is 0.423. The van der Waals surface area contributed by atoms with Crippen molar-refractivity contribution < 1.29 is 17.6 Å². The van der Waals surface area contributed by atoms with Gasteiger partial charge in [0.15, 0.2) is 0 Å². The van der Waals surface area contributed by atoms with E-state index in [1.807, 2.05) is 6.07 Å². The molecule has 0 spiro atoms. The zero-order valence-corrected chi connectivity index (χ0v) is 20.7. The summed E-state index contributed by atoms with van der Waals surface area (Å²) in [6, 6.07) is 12.1. The van der Waals surface area contributed by atoms with Crippen LogP contribution in [-0.2, 0) is 22.9 Å². The smallest absolute Gasteiger partial charge is 0.322 e. The van der Waals surface area contributed by atoms with Crippen LogP contribution in [0.3, 0.4) is 0 Å². The molecular weight excluding hydrogens is 464 g/mol. The molecule has 9 heteroatoms. The fourth-order valence-electron chi connectivity index (χ4n) is 5.01. The minimum Gasteiger partial charge on any atom is -0.403 e. The van der Waals surface area contributed by atoms with E-state index in [1.54, 1.807) is 7.05 Å². The number of fused-ring (bicyclic) bond motifs is 1. The van der Waals surface area contributed by atoms with Crippen molar-refractivity contribution in [2.24, 2.45) is 0 Å². The van der Waals surface area contributed by atoms with E-state index in [1.165, 1.54) is 52.5 Å². The summed E-state index contributed by atoms with van der Waals surface area (Å²) in [7, 11) is -1.97. The summed E-state index contributed by atoms with van der Waals surface area (Å²) in [6.07, 6.45) is 9.55. The number of aromatic nitrogens is 2. The second-order valence-corrected chi connectivity index (χ2v) is 11.4. The summed E-state index contributed by atoms with van der Waals surface area (Å²) in [5, 5.41) is 10.6. The van der Waals surface area contributed by atoms with Crippen molar-refractivity contribution in [3.63, 3.8) is 0 Å². The van der Waals surface area contributed by atoms with Crippen LogP contribution in [0.2, 0.25) is 0 Å². The van der Waals surface area contributed by atoms with Gasteiger partial charge in [-0.25, -0.2) is 8.42 Å². The van der Waals surface area contributed by atoms with Gasteiger partial charge in [-0.1, -0.05) is 30.4 Å². The van der Waals surface area contributed by atoms with E-state index >= 15 is 0 Å². The van der Waals surface area contributed by atoms with Gasteiger partial charge in [-0.2, -0.15) is 4.31 Å². The molecule has 1 heterocycles. The van der Waals surface area contributed by atoms with E-state index in [-0.39, 0.29) is 17.0 Å². The number of hydrogen-bond acceptors (Lipinski definition) is 6. The number of anilines is 1. The van der Waals surface area contributed by atoms with Gasteiger partial charge in [0.05, 0.1) is 4.90 Å². The molecule has 1 N–H and O–H groups in total. The largest absolute Gasteiger partial charge is 0.403 e. The lowest BCUT2D eigenvalue weighted by molar-refractivity contribution is 0.102. The Morgan fingerprint density at radius 2 is 1.66 bits per heavy atom. The van der Waals surface area contributed by atoms with E-state index in [2.05, 4.69) is 27.6 Å². The predicted octanol–water partition coefficient (Wildman–Crippen LogP) is 4.82. The quantitative estimate of drug-likeness (QED) is 0.527. The monoisotopic (exact) mass is 494 g/mol. The Morgan fingerprint density at radius 3 is 2.40 bits per heavy atom. The first-order valence-corrected chi connectivity index (χ1v) is 13.7. The number of carbonyl (C=O) groups excluding carboxylic acids is 1. The predicted molar refractivity (Wildman–Crippen MR) is 133 cm³/mol. The maximum Gasteiger partial charge on any atom is 0.322 e. The molecule has 8 nitrogen and oxygen atoms in total. The molecule has 35 heavy (non-hydrogen) atoms. The number of nitrogens with one attached hydrogen (secondary N) is 1. The molecule has 0 bridgehead atoms. The Morgan fingerprint density at radius 1 is 0.943 bits per heavy atom. The van der Waals surface area contributed by atoms with Crippen molar-refractivity contribution in [1.29, 1.82) is 0 Å². The number of carbonyl (C=O) groups is 1. The second kappa shape index (κ2) is 9.91. The molecular formula is C26H30N4O4S. The number of amides is 1. The van der Waals surface area contributed by atoms with Gasteiger partial charge in [0.25, 0.3) is 5.91 Å². The maximum absolute atomic E-state index is 13.0. The normalized spacial score (nSPS) is 16.7. The molecule has 0 unspecified atom stereocenters. The zero-order chi connectivity index (χ0) is 24.4. The summed E-state index contributed by atoms with van der Waals surface area (Å²) in [4.78, 5) is 12.9. The highest BCUT2D eigenvalue weighted by Crippen LogP contribution is 2.28. The Kier molecular flexibility index (Phi) is 6.71. The Hall–Kier alpha value is -3.04. The van der Waals surface area contributed by atoms with Crippen molar-refractivity contribution in [2.45, 2.75) is 68.7 Å². The maximum atomic E-state index is 13.0. The molecule has 1 amide bonds. The number of hydrogen-bond donors (Lipinski definition) is 1. The molecule has 5 rings (SSSR count). The first kappa shape index (κ1) is 23.7. The fourth-order valence-corrected chi connectivity index (χ4v) is 6.43. The third-order valence-corrected chi connectivity index (χ3v) is 9.05. The van der Waals surface area contributed by atoms with E-state index in [9.17, 15) is 13.2 Å². The van der Waals surface area contributed by atoms with Gasteiger partial charge in [0.1, 0.15) is 0 Å². The van der Waals surface area contributed by atoms with Gasteiger partial charge in [-0.05, 0) is 86.1 Å². The van der Waals surface area contributed by atoms with Gasteiger partial charge >= 0.3 is 6.01 Å². The van der Waals surface area contributed by atoms with Gasteiger partial charge < -0.3 is 4.42 Å². The van der Waals surface area contributed by atoms with E-state index in [4.69, 9.17) is 4.42 Å². The summed E-state index contributed by atoms with van der Waals surface area (Å²) >= 11 is 0. The van der Waals surface area contributed by atoms with E-state index in [0.717, 1.165) is 50.5 Å². The van der Waals surface area contributed by atoms with Crippen LogP contribution in [0.4, 0.5) is 6.01 Å². The lowest BCUT2D eigenvalue weighted by atomic mass is 9.90. The second-order valence-electron chi connectivity index (χ2n) is 9.39. The van der Waals surface area contributed by atoms with Gasteiger partial charge in [-0.15, -0.1) is 5.10 Å². The average molecular weight is 495 g/mol. The number of nitrogens with zero attached hydrogens (tertiary/aromatic N) is 3. The zero-order valence-electron chi connectivity index (χ0n) is 19.9. The topological polar surface area (TPSA) is 105 Å². The standard InChI is InChI=1S/C26H30N4O4S/c1-30(22-9-3-2-4-10-22)35(32,33)23-15-13-19(14-16-23)24(31)27-26-29-28-25(34-26)21-12-11-18-7-5-6-8-20(18)17-21/h11-17,22H,2-10H2,1H3,(H,27,29,31). The molecule has 0 radical (unpaired) electrons. The average Bonchev–Trinajstić information content (AvgIpc) is 3.37.